The molecule has 0 saturated heterocycles. The predicted octanol–water partition coefficient (Wildman–Crippen LogP) is 7.29. The van der Waals surface area contributed by atoms with Gasteiger partial charge in [-0.15, -0.1) is 0 Å². The van der Waals surface area contributed by atoms with Crippen LogP contribution in [0, 0.1) is 13.8 Å². The van der Waals surface area contributed by atoms with Gasteiger partial charge < -0.3 is 13.8 Å². The topological polar surface area (TPSA) is 0 Å². The van der Waals surface area contributed by atoms with Crippen molar-refractivity contribution in [3.63, 3.8) is 0 Å². The molecule has 0 fully saturated rings. The number of rotatable bonds is 14. The van der Waals surface area contributed by atoms with Crippen molar-refractivity contribution in [2.75, 3.05) is 0 Å². The smallest absolute Gasteiger partial charge is 0.343 e. The molecule has 0 aromatic heterocycles. The Hall–Kier alpha value is 1.06. The Balaban J connectivity index is -0.000000333. The molecule has 0 atom stereocenters. The fourth-order valence-corrected chi connectivity index (χ4v) is 4.73. The molecule has 0 radical (unpaired) electrons. The SMILES string of the molecule is [CH2-]CCCCCCC[SiH](C)C.[CH2-]CCCCCCC[SiH](C)C.[Zn+2]. The van der Waals surface area contributed by atoms with E-state index in [0.717, 1.165) is 12.8 Å². The maximum absolute atomic E-state index is 3.84. The van der Waals surface area contributed by atoms with Gasteiger partial charge in [-0.2, -0.15) is 12.8 Å². The van der Waals surface area contributed by atoms with Crippen LogP contribution in [0.5, 0.6) is 0 Å². The molecular formula is C20H46Si2Zn. The van der Waals surface area contributed by atoms with Gasteiger partial charge in [0.15, 0.2) is 0 Å². The number of hydrogen-bond acceptors (Lipinski definition) is 0. The monoisotopic (exact) mass is 406 g/mol. The summed E-state index contributed by atoms with van der Waals surface area (Å²) in [5.41, 5.74) is 0. The Bertz CT molecular complexity index is 164. The van der Waals surface area contributed by atoms with Crippen LogP contribution in [0.3, 0.4) is 0 Å². The quantitative estimate of drug-likeness (QED) is 0.161. The Labute approximate surface area is 166 Å². The molecule has 0 spiro atoms. The van der Waals surface area contributed by atoms with Gasteiger partial charge in [0.05, 0.1) is 0 Å². The van der Waals surface area contributed by atoms with Crippen LogP contribution in [0.15, 0.2) is 0 Å². The third-order valence-corrected chi connectivity index (χ3v) is 7.19. The van der Waals surface area contributed by atoms with Gasteiger partial charge in [0, 0.05) is 17.6 Å². The average Bonchev–Trinajstić information content (AvgIpc) is 2.46. The molecule has 0 saturated carbocycles. The summed E-state index contributed by atoms with van der Waals surface area (Å²) in [4.78, 5) is 0. The van der Waals surface area contributed by atoms with Gasteiger partial charge in [-0.1, -0.05) is 102 Å². The first-order chi connectivity index (χ1) is 10.5. The van der Waals surface area contributed by atoms with Gasteiger partial charge in [0.2, 0.25) is 0 Å². The fourth-order valence-electron chi connectivity index (χ4n) is 2.52. The van der Waals surface area contributed by atoms with Crippen molar-refractivity contribution < 1.29 is 19.5 Å². The Morgan fingerprint density at radius 1 is 0.478 bits per heavy atom. The molecule has 0 aromatic rings. The molecular weight excluding hydrogens is 362 g/mol. The Kier molecular flexibility index (Phi) is 31.7. The van der Waals surface area contributed by atoms with Crippen LogP contribution in [0.4, 0.5) is 0 Å². The van der Waals surface area contributed by atoms with Crippen molar-refractivity contribution in [2.45, 2.75) is 115 Å². The van der Waals surface area contributed by atoms with Crippen LogP contribution in [-0.2, 0) is 19.5 Å². The van der Waals surface area contributed by atoms with Crippen LogP contribution < -0.4 is 0 Å². The first-order valence-corrected chi connectivity index (χ1v) is 16.4. The summed E-state index contributed by atoms with van der Waals surface area (Å²) >= 11 is 0. The molecule has 0 aliphatic rings. The molecule has 0 aliphatic carbocycles. The summed E-state index contributed by atoms with van der Waals surface area (Å²) in [5, 5.41) is 0. The summed E-state index contributed by atoms with van der Waals surface area (Å²) < 4.78 is 0. The van der Waals surface area contributed by atoms with E-state index >= 15 is 0 Å². The largest absolute Gasteiger partial charge is 2.00 e. The average molecular weight is 408 g/mol. The minimum Gasteiger partial charge on any atom is -0.343 e. The predicted molar refractivity (Wildman–Crippen MR) is 113 cm³/mol. The van der Waals surface area contributed by atoms with Crippen LogP contribution in [0.25, 0.3) is 0 Å². The number of hydrogen-bond donors (Lipinski definition) is 0. The summed E-state index contributed by atoms with van der Waals surface area (Å²) in [6, 6.07) is 3.09. The molecule has 0 unspecified atom stereocenters. The molecule has 0 rings (SSSR count). The minimum atomic E-state index is -0.242. The van der Waals surface area contributed by atoms with E-state index in [4.69, 9.17) is 0 Å². The van der Waals surface area contributed by atoms with E-state index < -0.39 is 0 Å². The third kappa shape index (κ3) is 35.1. The van der Waals surface area contributed by atoms with Crippen molar-refractivity contribution in [1.29, 1.82) is 0 Å². The van der Waals surface area contributed by atoms with Gasteiger partial charge >= 0.3 is 19.5 Å². The van der Waals surface area contributed by atoms with Crippen molar-refractivity contribution in [3.8, 4) is 0 Å². The van der Waals surface area contributed by atoms with Gasteiger partial charge in [-0.05, 0) is 0 Å². The molecule has 136 valence electrons. The normalized spacial score (nSPS) is 10.4. The van der Waals surface area contributed by atoms with E-state index in [-0.39, 0.29) is 37.1 Å². The molecule has 23 heavy (non-hydrogen) atoms. The zero-order chi connectivity index (χ0) is 17.1. The molecule has 0 aliphatic heterocycles. The summed E-state index contributed by atoms with van der Waals surface area (Å²) in [6.07, 6.45) is 16.5. The molecule has 0 bridgehead atoms. The van der Waals surface area contributed by atoms with E-state index in [1.807, 2.05) is 0 Å². The minimum absolute atomic E-state index is 0. The fraction of sp³-hybridized carbons (Fsp3) is 0.900. The van der Waals surface area contributed by atoms with Crippen LogP contribution in [-0.4, -0.2) is 17.6 Å². The maximum Gasteiger partial charge on any atom is 2.00 e. The first kappa shape index (κ1) is 28.8. The molecule has 0 N–H and O–H groups in total. The van der Waals surface area contributed by atoms with Crippen LogP contribution in [0.2, 0.25) is 38.3 Å². The van der Waals surface area contributed by atoms with Gasteiger partial charge in [-0.25, -0.2) is 0 Å². The zero-order valence-electron chi connectivity index (χ0n) is 17.2. The second kappa shape index (κ2) is 25.3. The Morgan fingerprint density at radius 3 is 1.00 bits per heavy atom. The second-order valence-corrected chi connectivity index (χ2v) is 14.3. The van der Waals surface area contributed by atoms with E-state index in [0.29, 0.717) is 0 Å². The molecule has 0 amide bonds. The van der Waals surface area contributed by atoms with Gasteiger partial charge in [0.25, 0.3) is 0 Å². The van der Waals surface area contributed by atoms with Gasteiger partial charge in [0.1, 0.15) is 0 Å². The summed E-state index contributed by atoms with van der Waals surface area (Å²) in [5.74, 6) is 0. The van der Waals surface area contributed by atoms with Crippen molar-refractivity contribution in [3.05, 3.63) is 13.8 Å². The number of unbranched alkanes of at least 4 members (excludes halogenated alkanes) is 10. The molecule has 3 heteroatoms. The van der Waals surface area contributed by atoms with E-state index in [1.54, 1.807) is 12.1 Å². The van der Waals surface area contributed by atoms with E-state index in [2.05, 4.69) is 40.0 Å². The molecule has 0 nitrogen and oxygen atoms in total. The first-order valence-electron chi connectivity index (χ1n) is 10.1. The zero-order valence-corrected chi connectivity index (χ0v) is 22.5. The molecule has 0 aromatic carbocycles. The van der Waals surface area contributed by atoms with Crippen molar-refractivity contribution in [1.82, 2.24) is 0 Å². The van der Waals surface area contributed by atoms with E-state index in [9.17, 15) is 0 Å². The van der Waals surface area contributed by atoms with Crippen molar-refractivity contribution in [2.24, 2.45) is 0 Å². The summed E-state index contributed by atoms with van der Waals surface area (Å²) in [7, 11) is -0.483. The second-order valence-electron chi connectivity index (χ2n) is 7.61. The molecule has 0 heterocycles. The Morgan fingerprint density at radius 2 is 0.739 bits per heavy atom. The van der Waals surface area contributed by atoms with Gasteiger partial charge in [-0.3, -0.25) is 0 Å². The maximum atomic E-state index is 3.84. The van der Waals surface area contributed by atoms with Crippen LogP contribution in [0.1, 0.15) is 77.0 Å². The summed E-state index contributed by atoms with van der Waals surface area (Å²) in [6.45, 7) is 17.4. The third-order valence-electron chi connectivity index (χ3n) is 4.06. The van der Waals surface area contributed by atoms with E-state index in [1.165, 1.54) is 64.2 Å². The standard InChI is InChI=1S/2C10H23Si.Zn/c2*1-4-5-6-7-8-9-10-11(2)3;/h2*11H,1,4-10H2,2-3H3;/q2*-1;+2. The van der Waals surface area contributed by atoms with Crippen LogP contribution >= 0.6 is 0 Å². The van der Waals surface area contributed by atoms with Crippen molar-refractivity contribution >= 4 is 17.6 Å².